The van der Waals surface area contributed by atoms with E-state index in [-0.39, 0.29) is 27.1 Å². The summed E-state index contributed by atoms with van der Waals surface area (Å²) in [6, 6.07) is 0. The number of amides is 1. The molecule has 220 valence electrons. The Morgan fingerprint density at radius 2 is 1.64 bits per heavy atom. The predicted molar refractivity (Wildman–Crippen MR) is 156 cm³/mol. The van der Waals surface area contributed by atoms with Crippen LogP contribution in [0.4, 0.5) is 0 Å². The summed E-state index contributed by atoms with van der Waals surface area (Å²) in [6.45, 7) is 20.4. The van der Waals surface area contributed by atoms with Gasteiger partial charge in [0.25, 0.3) is 0 Å². The third kappa shape index (κ3) is 3.57. The average Bonchev–Trinajstić information content (AvgIpc) is 2.90. The minimum Gasteiger partial charge on any atom is -0.390 e. The van der Waals surface area contributed by atoms with Crippen LogP contribution in [0.2, 0.25) is 0 Å². The van der Waals surface area contributed by atoms with E-state index in [1.165, 1.54) is 6.42 Å². The van der Waals surface area contributed by atoms with E-state index in [4.69, 9.17) is 0 Å². The van der Waals surface area contributed by atoms with Gasteiger partial charge in [-0.2, -0.15) is 0 Å². The molecule has 11 atom stereocenters. The van der Waals surface area contributed by atoms with E-state index in [2.05, 4.69) is 64.8 Å². The number of carbonyl (C=O) groups is 1. The van der Waals surface area contributed by atoms with Gasteiger partial charge in [0.05, 0.1) is 17.6 Å². The molecular weight excluding hydrogens is 484 g/mol. The van der Waals surface area contributed by atoms with E-state index in [0.29, 0.717) is 41.9 Å². The number of rotatable bonds is 1. The van der Waals surface area contributed by atoms with E-state index in [9.17, 15) is 15.0 Å². The Morgan fingerprint density at radius 1 is 0.949 bits per heavy atom. The van der Waals surface area contributed by atoms with Gasteiger partial charge in [-0.3, -0.25) is 4.79 Å². The smallest absolute Gasteiger partial charge is 0.229 e. The molecule has 3 N–H and O–H groups in total. The van der Waals surface area contributed by atoms with Crippen molar-refractivity contribution < 1.29 is 15.0 Å². The summed E-state index contributed by atoms with van der Waals surface area (Å²) in [5.41, 5.74) is 1.28. The second-order valence-electron chi connectivity index (χ2n) is 16.4. The molecule has 0 spiro atoms. The van der Waals surface area contributed by atoms with E-state index in [1.54, 1.807) is 5.57 Å². The first kappa shape index (κ1) is 28.2. The van der Waals surface area contributed by atoms with Gasteiger partial charge >= 0.3 is 0 Å². The number of allylic oxidation sites excluding steroid dienone is 2. The molecule has 3 unspecified atom stereocenters. The lowest BCUT2D eigenvalue weighted by atomic mass is 9.33. The van der Waals surface area contributed by atoms with Crippen molar-refractivity contribution in [2.75, 3.05) is 26.2 Å². The van der Waals surface area contributed by atoms with E-state index < -0.39 is 12.2 Å². The fourth-order valence-electron chi connectivity index (χ4n) is 12.2. The maximum absolute atomic E-state index is 14.5. The molecule has 0 radical (unpaired) electrons. The average molecular weight is 541 g/mol. The number of nitrogens with one attached hydrogen (secondary N) is 1. The molecule has 4 saturated carbocycles. The lowest BCUT2D eigenvalue weighted by Gasteiger charge is -2.72. The van der Waals surface area contributed by atoms with Crippen molar-refractivity contribution in [2.45, 2.75) is 112 Å². The summed E-state index contributed by atoms with van der Waals surface area (Å²) in [5.74, 6) is 2.81. The Hall–Kier alpha value is -0.910. The zero-order valence-corrected chi connectivity index (χ0v) is 25.9. The predicted octanol–water partition coefficient (Wildman–Crippen LogP) is 5.41. The number of fused-ring (bicyclic) bond motifs is 7. The van der Waals surface area contributed by atoms with Crippen LogP contribution in [0.25, 0.3) is 0 Å². The standard InChI is InChI=1S/C34H56N2O3/c1-21-10-13-34(29(39)36-18-16-35-17-19-36)15-14-32(6)23(27(34)22(21)2)8-9-26-31(5)20-24(37)28(38)30(3,4)25(31)11-12-33(26,32)7/h8,21-22,24-28,35,37-38H,9-20H2,1-7H3/t21-,22+,24-,25?,26?,27?,28+,31+,32-,33-,34+/m1/s1. The second kappa shape index (κ2) is 9.04. The third-order valence-corrected chi connectivity index (χ3v) is 14.8. The van der Waals surface area contributed by atoms with Gasteiger partial charge in [0.1, 0.15) is 0 Å². The van der Waals surface area contributed by atoms with Gasteiger partial charge in [0.15, 0.2) is 0 Å². The molecule has 5 aliphatic carbocycles. The Kier molecular flexibility index (Phi) is 6.54. The number of aliphatic hydroxyl groups is 2. The number of aliphatic hydroxyl groups excluding tert-OH is 2. The van der Waals surface area contributed by atoms with Crippen LogP contribution in [0.5, 0.6) is 0 Å². The molecule has 5 fully saturated rings. The third-order valence-electron chi connectivity index (χ3n) is 14.8. The molecule has 1 heterocycles. The van der Waals surface area contributed by atoms with Crippen molar-refractivity contribution in [1.82, 2.24) is 10.2 Å². The van der Waals surface area contributed by atoms with Gasteiger partial charge in [0.2, 0.25) is 5.91 Å². The topological polar surface area (TPSA) is 72.8 Å². The van der Waals surface area contributed by atoms with Crippen LogP contribution in [-0.2, 0) is 4.79 Å². The summed E-state index contributed by atoms with van der Waals surface area (Å²) in [6.07, 6.45) is 9.66. The normalized spacial score (nSPS) is 53.0. The molecule has 6 rings (SSSR count). The van der Waals surface area contributed by atoms with Gasteiger partial charge in [-0.25, -0.2) is 0 Å². The fourth-order valence-corrected chi connectivity index (χ4v) is 12.2. The van der Waals surface area contributed by atoms with Crippen LogP contribution in [0, 0.1) is 56.7 Å². The van der Waals surface area contributed by atoms with Crippen molar-refractivity contribution in [2.24, 2.45) is 56.7 Å². The Bertz CT molecular complexity index is 1030. The molecule has 5 heteroatoms. The largest absolute Gasteiger partial charge is 0.390 e. The highest BCUT2D eigenvalue weighted by Gasteiger charge is 2.70. The van der Waals surface area contributed by atoms with Crippen molar-refractivity contribution >= 4 is 5.91 Å². The number of carbonyl (C=O) groups excluding carboxylic acids is 1. The number of hydrogen-bond donors (Lipinski definition) is 3. The summed E-state index contributed by atoms with van der Waals surface area (Å²) in [4.78, 5) is 16.7. The molecule has 1 saturated heterocycles. The molecule has 0 aromatic heterocycles. The first-order valence-corrected chi connectivity index (χ1v) is 16.3. The zero-order chi connectivity index (χ0) is 28.2. The lowest BCUT2D eigenvalue weighted by Crippen LogP contribution is -2.67. The lowest BCUT2D eigenvalue weighted by molar-refractivity contribution is -0.232. The van der Waals surface area contributed by atoms with Crippen molar-refractivity contribution in [3.05, 3.63) is 11.6 Å². The SMILES string of the molecule is C[C@@H]1CC[C@]2(C(=O)N3CCNCC3)CC[C@]3(C)C(=CCC4[C@@]5(C)C[C@@H](O)[C@H](O)C(C)(C)C5CC[C@]43C)C2[C@H]1C. The molecule has 0 aromatic rings. The Morgan fingerprint density at radius 3 is 2.33 bits per heavy atom. The van der Waals surface area contributed by atoms with E-state index in [1.807, 2.05) is 0 Å². The number of piperazine rings is 1. The maximum Gasteiger partial charge on any atom is 0.229 e. The Labute approximate surface area is 237 Å². The van der Waals surface area contributed by atoms with Gasteiger partial charge in [-0.1, -0.05) is 60.1 Å². The fraction of sp³-hybridized carbons (Fsp3) is 0.912. The van der Waals surface area contributed by atoms with E-state index in [0.717, 1.165) is 64.7 Å². The zero-order valence-electron chi connectivity index (χ0n) is 25.9. The van der Waals surface area contributed by atoms with Gasteiger partial charge in [-0.05, 0) is 103 Å². The highest BCUT2D eigenvalue weighted by molar-refractivity contribution is 5.84. The van der Waals surface area contributed by atoms with Crippen molar-refractivity contribution in [1.29, 1.82) is 0 Å². The van der Waals surface area contributed by atoms with Crippen LogP contribution in [0.15, 0.2) is 11.6 Å². The summed E-state index contributed by atoms with van der Waals surface area (Å²) >= 11 is 0. The molecule has 1 aliphatic heterocycles. The molecular formula is C34H56N2O3. The minimum atomic E-state index is -0.656. The van der Waals surface area contributed by atoms with Crippen LogP contribution >= 0.6 is 0 Å². The minimum absolute atomic E-state index is 0.00316. The molecule has 0 aromatic carbocycles. The maximum atomic E-state index is 14.5. The molecule has 1 amide bonds. The second-order valence-corrected chi connectivity index (χ2v) is 16.4. The van der Waals surface area contributed by atoms with Crippen LogP contribution in [0.3, 0.4) is 0 Å². The molecule has 6 aliphatic rings. The summed E-state index contributed by atoms with van der Waals surface area (Å²) in [5, 5.41) is 25.6. The number of nitrogens with zero attached hydrogens (tertiary/aromatic N) is 1. The highest BCUT2D eigenvalue weighted by atomic mass is 16.3. The van der Waals surface area contributed by atoms with Crippen molar-refractivity contribution in [3.63, 3.8) is 0 Å². The molecule has 5 nitrogen and oxygen atoms in total. The van der Waals surface area contributed by atoms with Crippen molar-refractivity contribution in [3.8, 4) is 0 Å². The van der Waals surface area contributed by atoms with Crippen LogP contribution in [-0.4, -0.2) is 59.4 Å². The number of hydrogen-bond acceptors (Lipinski definition) is 4. The monoisotopic (exact) mass is 540 g/mol. The quantitative estimate of drug-likeness (QED) is 0.389. The van der Waals surface area contributed by atoms with Crippen LogP contribution in [0.1, 0.15) is 99.8 Å². The summed E-state index contributed by atoms with van der Waals surface area (Å²) in [7, 11) is 0. The van der Waals surface area contributed by atoms with Crippen LogP contribution < -0.4 is 5.32 Å². The first-order valence-electron chi connectivity index (χ1n) is 16.3. The first-order chi connectivity index (χ1) is 18.2. The Balaban J connectivity index is 1.43. The summed E-state index contributed by atoms with van der Waals surface area (Å²) < 4.78 is 0. The molecule has 0 bridgehead atoms. The van der Waals surface area contributed by atoms with Gasteiger partial charge in [-0.15, -0.1) is 0 Å². The van der Waals surface area contributed by atoms with Gasteiger partial charge in [0, 0.05) is 26.2 Å². The van der Waals surface area contributed by atoms with E-state index >= 15 is 0 Å². The molecule has 39 heavy (non-hydrogen) atoms. The highest BCUT2D eigenvalue weighted by Crippen LogP contribution is 2.75. The van der Waals surface area contributed by atoms with Gasteiger partial charge < -0.3 is 20.4 Å².